The van der Waals surface area contributed by atoms with E-state index in [4.69, 9.17) is 5.73 Å². The number of amides is 1. The molecule has 0 aliphatic carbocycles. The Morgan fingerprint density at radius 3 is 1.79 bits per heavy atom. The molecule has 1 aliphatic rings. The first-order chi connectivity index (χ1) is 13.7. The van der Waals surface area contributed by atoms with E-state index in [0.717, 1.165) is 70.9 Å². The maximum absolute atomic E-state index is 12.1. The van der Waals surface area contributed by atoms with Crippen molar-refractivity contribution in [2.45, 2.75) is 77.2 Å². The summed E-state index contributed by atoms with van der Waals surface area (Å²) in [7, 11) is 0. The zero-order chi connectivity index (χ0) is 20.3. The van der Waals surface area contributed by atoms with Gasteiger partial charge in [0.25, 0.3) is 0 Å². The number of rotatable bonds is 13. The monoisotopic (exact) mass is 384 g/mol. The van der Waals surface area contributed by atoms with Crippen molar-refractivity contribution in [2.75, 3.05) is 13.1 Å². The van der Waals surface area contributed by atoms with Crippen LogP contribution >= 0.6 is 0 Å². The highest BCUT2D eigenvalue weighted by molar-refractivity contribution is 5.76. The maximum atomic E-state index is 12.1. The average molecular weight is 385 g/mol. The highest BCUT2D eigenvalue weighted by Crippen LogP contribution is 2.11. The molecule has 1 amide bonds. The van der Waals surface area contributed by atoms with Crippen LogP contribution in [0.3, 0.4) is 0 Å². The molecule has 0 aromatic carbocycles. The molecule has 1 rings (SSSR count). The van der Waals surface area contributed by atoms with Crippen LogP contribution in [0.4, 0.5) is 0 Å². The number of allylic oxidation sites excluding steroid dienone is 10. The second kappa shape index (κ2) is 17.2. The van der Waals surface area contributed by atoms with Crippen molar-refractivity contribution in [1.82, 2.24) is 4.90 Å². The van der Waals surface area contributed by atoms with E-state index in [1.807, 2.05) is 4.90 Å². The number of piperidine rings is 1. The first kappa shape index (κ1) is 24.2. The summed E-state index contributed by atoms with van der Waals surface area (Å²) in [5.41, 5.74) is 5.88. The van der Waals surface area contributed by atoms with Crippen LogP contribution in [0.15, 0.2) is 60.8 Å². The number of hydrogen-bond donors (Lipinski definition) is 1. The van der Waals surface area contributed by atoms with Crippen molar-refractivity contribution in [3.8, 4) is 0 Å². The summed E-state index contributed by atoms with van der Waals surface area (Å²) in [6, 6.07) is 0.283. The molecule has 0 radical (unpaired) electrons. The summed E-state index contributed by atoms with van der Waals surface area (Å²) in [5.74, 6) is 0.291. The lowest BCUT2D eigenvalue weighted by Crippen LogP contribution is -2.42. The predicted molar refractivity (Wildman–Crippen MR) is 122 cm³/mol. The van der Waals surface area contributed by atoms with Crippen molar-refractivity contribution in [1.29, 1.82) is 0 Å². The zero-order valence-electron chi connectivity index (χ0n) is 17.8. The van der Waals surface area contributed by atoms with Crippen molar-refractivity contribution in [3.63, 3.8) is 0 Å². The third-order valence-electron chi connectivity index (χ3n) is 4.81. The van der Waals surface area contributed by atoms with E-state index in [9.17, 15) is 4.79 Å². The van der Waals surface area contributed by atoms with E-state index in [1.54, 1.807) is 0 Å². The van der Waals surface area contributed by atoms with Crippen molar-refractivity contribution < 1.29 is 4.79 Å². The lowest BCUT2D eigenvalue weighted by atomic mass is 10.1. The van der Waals surface area contributed by atoms with Gasteiger partial charge in [-0.1, -0.05) is 67.7 Å². The van der Waals surface area contributed by atoms with Gasteiger partial charge in [-0.05, 0) is 57.8 Å². The highest BCUT2D eigenvalue weighted by atomic mass is 16.2. The van der Waals surface area contributed by atoms with Crippen molar-refractivity contribution in [3.05, 3.63) is 60.8 Å². The lowest BCUT2D eigenvalue weighted by Gasteiger charge is -2.30. The third kappa shape index (κ3) is 13.3. The van der Waals surface area contributed by atoms with Crippen molar-refractivity contribution >= 4 is 5.91 Å². The van der Waals surface area contributed by atoms with E-state index in [2.05, 4.69) is 67.7 Å². The van der Waals surface area contributed by atoms with Crippen LogP contribution in [0.5, 0.6) is 0 Å². The van der Waals surface area contributed by atoms with E-state index in [-0.39, 0.29) is 6.04 Å². The summed E-state index contributed by atoms with van der Waals surface area (Å²) in [4.78, 5) is 14.1. The number of carbonyl (C=O) groups excluding carboxylic acids is 1. The minimum absolute atomic E-state index is 0.283. The van der Waals surface area contributed by atoms with Gasteiger partial charge in [0, 0.05) is 25.6 Å². The molecular weight excluding hydrogens is 344 g/mol. The number of nitrogens with zero attached hydrogens (tertiary/aromatic N) is 1. The Morgan fingerprint density at radius 2 is 1.29 bits per heavy atom. The number of carbonyl (C=O) groups is 1. The van der Waals surface area contributed by atoms with Gasteiger partial charge in [-0.25, -0.2) is 0 Å². The van der Waals surface area contributed by atoms with Crippen LogP contribution in [0.1, 0.15) is 71.1 Å². The molecule has 28 heavy (non-hydrogen) atoms. The van der Waals surface area contributed by atoms with Gasteiger partial charge in [0.1, 0.15) is 0 Å². The van der Waals surface area contributed by atoms with E-state index < -0.39 is 0 Å². The third-order valence-corrected chi connectivity index (χ3v) is 4.81. The van der Waals surface area contributed by atoms with Crippen LogP contribution in [-0.4, -0.2) is 29.9 Å². The van der Waals surface area contributed by atoms with Gasteiger partial charge >= 0.3 is 0 Å². The van der Waals surface area contributed by atoms with Crippen LogP contribution in [0, 0.1) is 0 Å². The number of unbranched alkanes of at least 4 members (excludes halogenated alkanes) is 1. The molecule has 2 N–H and O–H groups in total. The van der Waals surface area contributed by atoms with Crippen LogP contribution in [0.25, 0.3) is 0 Å². The first-order valence-electron chi connectivity index (χ1n) is 11.0. The fourth-order valence-electron chi connectivity index (χ4n) is 3.05. The molecular formula is C25H40N2O. The molecule has 1 heterocycles. The number of nitrogens with two attached hydrogens (primary N) is 1. The van der Waals surface area contributed by atoms with Gasteiger partial charge in [-0.15, -0.1) is 0 Å². The average Bonchev–Trinajstić information content (AvgIpc) is 2.70. The predicted octanol–water partition coefficient (Wildman–Crippen LogP) is 5.86. The largest absolute Gasteiger partial charge is 0.343 e. The Kier molecular flexibility index (Phi) is 14.9. The molecule has 3 heteroatoms. The number of hydrogen-bond acceptors (Lipinski definition) is 2. The van der Waals surface area contributed by atoms with Gasteiger partial charge in [-0.3, -0.25) is 4.79 Å². The quantitative estimate of drug-likeness (QED) is 0.319. The minimum atomic E-state index is 0.283. The standard InChI is InChI=1S/C25H40N2O/c1-2-3-4-5-6-7-8-9-10-11-12-13-14-15-16-17-18-19-25(28)27-22-20-24(26)21-23-27/h3-4,6-7,9-10,12-13,15-16,24H,2,5,8,11,14,17-23,26H2,1H3/b4-3-,7-6?,10-9?,13-12-,16-15-. The smallest absolute Gasteiger partial charge is 0.222 e. The van der Waals surface area contributed by atoms with Gasteiger partial charge in [0.05, 0.1) is 0 Å². The fraction of sp³-hybridized carbons (Fsp3) is 0.560. The van der Waals surface area contributed by atoms with Crippen LogP contribution in [-0.2, 0) is 4.79 Å². The molecule has 1 fully saturated rings. The van der Waals surface area contributed by atoms with E-state index in [1.165, 1.54) is 0 Å². The van der Waals surface area contributed by atoms with E-state index >= 15 is 0 Å². The summed E-state index contributed by atoms with van der Waals surface area (Å²) < 4.78 is 0. The Balaban J connectivity index is 1.96. The molecule has 0 aromatic heterocycles. The molecule has 0 unspecified atom stereocenters. The maximum Gasteiger partial charge on any atom is 0.222 e. The summed E-state index contributed by atoms with van der Waals surface area (Å²) >= 11 is 0. The van der Waals surface area contributed by atoms with Crippen LogP contribution in [0.2, 0.25) is 0 Å². The second-order valence-corrected chi connectivity index (χ2v) is 7.32. The molecule has 0 saturated carbocycles. The Labute approximate surface area is 172 Å². The minimum Gasteiger partial charge on any atom is -0.343 e. The van der Waals surface area contributed by atoms with E-state index in [0.29, 0.717) is 12.3 Å². The molecule has 0 bridgehead atoms. The Hall–Kier alpha value is -1.87. The fourth-order valence-corrected chi connectivity index (χ4v) is 3.05. The molecule has 0 spiro atoms. The Bertz CT molecular complexity index is 535. The normalized spacial score (nSPS) is 16.7. The SMILES string of the molecule is CC/C=C\CC=CCC=CC/C=C\C/C=C\CCCC(=O)N1CCC(N)CC1. The lowest BCUT2D eigenvalue weighted by molar-refractivity contribution is -0.132. The van der Waals surface area contributed by atoms with Gasteiger partial charge in [0.15, 0.2) is 0 Å². The molecule has 3 nitrogen and oxygen atoms in total. The highest BCUT2D eigenvalue weighted by Gasteiger charge is 2.19. The molecule has 1 aliphatic heterocycles. The summed E-state index contributed by atoms with van der Waals surface area (Å²) in [6.45, 7) is 3.83. The molecule has 156 valence electrons. The number of likely N-dealkylation sites (tertiary alicyclic amines) is 1. The first-order valence-corrected chi connectivity index (χ1v) is 11.0. The van der Waals surface area contributed by atoms with Crippen molar-refractivity contribution in [2.24, 2.45) is 5.73 Å². The second-order valence-electron chi connectivity index (χ2n) is 7.32. The van der Waals surface area contributed by atoms with Gasteiger partial charge in [-0.2, -0.15) is 0 Å². The molecule has 1 saturated heterocycles. The summed E-state index contributed by atoms with van der Waals surface area (Å²) in [6.07, 6.45) is 31.6. The van der Waals surface area contributed by atoms with Gasteiger partial charge < -0.3 is 10.6 Å². The summed E-state index contributed by atoms with van der Waals surface area (Å²) in [5, 5.41) is 0. The zero-order valence-corrected chi connectivity index (χ0v) is 17.8. The Morgan fingerprint density at radius 1 is 0.821 bits per heavy atom. The molecule has 0 aromatic rings. The topological polar surface area (TPSA) is 46.3 Å². The van der Waals surface area contributed by atoms with Gasteiger partial charge in [0.2, 0.25) is 5.91 Å². The molecule has 0 atom stereocenters. The van der Waals surface area contributed by atoms with Crippen LogP contribution < -0.4 is 5.73 Å².